The van der Waals surface area contributed by atoms with Gasteiger partial charge in [-0.3, -0.25) is 0 Å². The molecule has 2 N–H and O–H groups in total. The molecule has 1 aromatic heterocycles. The van der Waals surface area contributed by atoms with Crippen molar-refractivity contribution in [1.82, 2.24) is 0 Å². The summed E-state index contributed by atoms with van der Waals surface area (Å²) in [5, 5.41) is 0. The van der Waals surface area contributed by atoms with Crippen LogP contribution in [0.25, 0.3) is 0 Å². The summed E-state index contributed by atoms with van der Waals surface area (Å²) in [5.74, 6) is -0.297. The van der Waals surface area contributed by atoms with E-state index in [4.69, 9.17) is 5.73 Å². The molecule has 0 fully saturated rings. The fraction of sp³-hybridized carbons (Fsp3) is 0.333. The zero-order valence-electron chi connectivity index (χ0n) is 6.14. The van der Waals surface area contributed by atoms with E-state index in [0.29, 0.717) is 0 Å². The summed E-state index contributed by atoms with van der Waals surface area (Å²) in [5.41, 5.74) is 4.85. The van der Waals surface area contributed by atoms with E-state index < -0.39 is 12.2 Å². The van der Waals surface area contributed by atoms with Crippen LogP contribution < -0.4 is 5.73 Å². The van der Waals surface area contributed by atoms with Gasteiger partial charge in [0.1, 0.15) is 5.76 Å². The highest BCUT2D eigenvalue weighted by molar-refractivity contribution is 9.10. The minimum Gasteiger partial charge on any atom is -0.452 e. The standard InChI is InChI=1S/C6H5BrF3NO.ClH/c7-4-2-1-3(12-4)5(11)6(8,9)10;/h1-2,5H,11H2;1H/t5-;/m0./s1. The van der Waals surface area contributed by atoms with Crippen molar-refractivity contribution in [3.8, 4) is 0 Å². The summed E-state index contributed by atoms with van der Waals surface area (Å²) in [7, 11) is 0. The second-order valence-corrected chi connectivity index (χ2v) is 2.94. The third-order valence-electron chi connectivity index (χ3n) is 1.25. The highest BCUT2D eigenvalue weighted by Gasteiger charge is 2.39. The van der Waals surface area contributed by atoms with Crippen molar-refractivity contribution in [2.75, 3.05) is 0 Å². The van der Waals surface area contributed by atoms with E-state index in [1.807, 2.05) is 0 Å². The van der Waals surface area contributed by atoms with Gasteiger partial charge in [-0.25, -0.2) is 0 Å². The van der Waals surface area contributed by atoms with E-state index in [1.54, 1.807) is 0 Å². The van der Waals surface area contributed by atoms with Crippen molar-refractivity contribution >= 4 is 28.3 Å². The quantitative estimate of drug-likeness (QED) is 0.859. The second-order valence-electron chi connectivity index (χ2n) is 2.16. The molecule has 0 unspecified atom stereocenters. The molecule has 0 saturated heterocycles. The zero-order valence-corrected chi connectivity index (χ0v) is 8.54. The summed E-state index contributed by atoms with van der Waals surface area (Å²) in [4.78, 5) is 0. The van der Waals surface area contributed by atoms with Crippen LogP contribution in [0.2, 0.25) is 0 Å². The molecule has 76 valence electrons. The average molecular weight is 280 g/mol. The second kappa shape index (κ2) is 4.34. The topological polar surface area (TPSA) is 39.2 Å². The number of furan rings is 1. The minimum atomic E-state index is -4.46. The van der Waals surface area contributed by atoms with Crippen LogP contribution in [-0.2, 0) is 0 Å². The molecule has 1 heterocycles. The van der Waals surface area contributed by atoms with Crippen LogP contribution in [0.3, 0.4) is 0 Å². The van der Waals surface area contributed by atoms with E-state index in [9.17, 15) is 13.2 Å². The smallest absolute Gasteiger partial charge is 0.410 e. The summed E-state index contributed by atoms with van der Waals surface area (Å²) in [6.07, 6.45) is -4.46. The van der Waals surface area contributed by atoms with Crippen LogP contribution in [0.15, 0.2) is 21.2 Å². The van der Waals surface area contributed by atoms with Crippen LogP contribution in [-0.4, -0.2) is 6.18 Å². The Bertz CT molecular complexity index is 275. The number of alkyl halides is 3. The van der Waals surface area contributed by atoms with Crippen molar-refractivity contribution in [2.45, 2.75) is 12.2 Å². The molecule has 0 aliphatic rings. The fourth-order valence-corrected chi connectivity index (χ4v) is 0.976. The van der Waals surface area contributed by atoms with Crippen molar-refractivity contribution in [3.63, 3.8) is 0 Å². The Morgan fingerprint density at radius 3 is 2.23 bits per heavy atom. The normalized spacial score (nSPS) is 13.6. The predicted octanol–water partition coefficient (Wildman–Crippen LogP) is 3.03. The molecule has 1 atom stereocenters. The maximum atomic E-state index is 11.9. The van der Waals surface area contributed by atoms with Crippen LogP contribution in [0.4, 0.5) is 13.2 Å². The lowest BCUT2D eigenvalue weighted by molar-refractivity contribution is -0.152. The first kappa shape index (κ1) is 12.8. The molecule has 0 amide bonds. The van der Waals surface area contributed by atoms with Gasteiger partial charge in [0.25, 0.3) is 0 Å². The third-order valence-corrected chi connectivity index (χ3v) is 1.68. The van der Waals surface area contributed by atoms with E-state index in [0.717, 1.165) is 0 Å². The molecular formula is C6H6BrClF3NO. The van der Waals surface area contributed by atoms with Gasteiger partial charge in [0.05, 0.1) is 0 Å². The maximum Gasteiger partial charge on any atom is 0.410 e. The molecule has 7 heteroatoms. The first-order valence-corrected chi connectivity index (χ1v) is 3.78. The van der Waals surface area contributed by atoms with Crippen LogP contribution in [0.1, 0.15) is 11.8 Å². The monoisotopic (exact) mass is 279 g/mol. The molecule has 0 aliphatic carbocycles. The molecule has 1 aromatic rings. The van der Waals surface area contributed by atoms with Crippen molar-refractivity contribution in [1.29, 1.82) is 0 Å². The molecule has 0 spiro atoms. The molecule has 0 aliphatic heterocycles. The Kier molecular flexibility index (Phi) is 4.28. The Morgan fingerprint density at radius 2 is 1.92 bits per heavy atom. The first-order valence-electron chi connectivity index (χ1n) is 2.99. The Hall–Kier alpha value is -0.200. The predicted molar refractivity (Wildman–Crippen MR) is 46.6 cm³/mol. The van der Waals surface area contributed by atoms with Gasteiger partial charge in [0.2, 0.25) is 0 Å². The van der Waals surface area contributed by atoms with E-state index >= 15 is 0 Å². The zero-order chi connectivity index (χ0) is 9.35. The molecule has 0 aromatic carbocycles. The summed E-state index contributed by atoms with van der Waals surface area (Å²) in [6, 6.07) is 0.493. The van der Waals surface area contributed by atoms with Gasteiger partial charge >= 0.3 is 6.18 Å². The largest absolute Gasteiger partial charge is 0.452 e. The lowest BCUT2D eigenvalue weighted by Crippen LogP contribution is -2.27. The van der Waals surface area contributed by atoms with E-state index in [1.165, 1.54) is 12.1 Å². The van der Waals surface area contributed by atoms with Gasteiger partial charge in [-0.1, -0.05) is 0 Å². The molecule has 0 radical (unpaired) electrons. The fourth-order valence-electron chi connectivity index (χ4n) is 0.657. The Morgan fingerprint density at radius 1 is 1.38 bits per heavy atom. The van der Waals surface area contributed by atoms with Gasteiger partial charge in [-0.2, -0.15) is 13.2 Å². The number of nitrogens with two attached hydrogens (primary N) is 1. The van der Waals surface area contributed by atoms with Crippen molar-refractivity contribution in [3.05, 3.63) is 22.6 Å². The van der Waals surface area contributed by atoms with Gasteiger partial charge in [-0.05, 0) is 28.1 Å². The van der Waals surface area contributed by atoms with E-state index in [-0.39, 0.29) is 22.8 Å². The van der Waals surface area contributed by atoms with Crippen molar-refractivity contribution in [2.24, 2.45) is 5.73 Å². The molecule has 0 bridgehead atoms. The van der Waals surface area contributed by atoms with Gasteiger partial charge < -0.3 is 10.2 Å². The van der Waals surface area contributed by atoms with Crippen LogP contribution in [0.5, 0.6) is 0 Å². The number of halogens is 5. The highest BCUT2D eigenvalue weighted by Crippen LogP contribution is 2.32. The molecule has 13 heavy (non-hydrogen) atoms. The van der Waals surface area contributed by atoms with Crippen LogP contribution in [0, 0.1) is 0 Å². The highest BCUT2D eigenvalue weighted by atomic mass is 79.9. The van der Waals surface area contributed by atoms with Gasteiger partial charge in [0, 0.05) is 0 Å². The van der Waals surface area contributed by atoms with Gasteiger partial charge in [-0.15, -0.1) is 12.4 Å². The number of rotatable bonds is 1. The first-order chi connectivity index (χ1) is 5.41. The SMILES string of the molecule is Cl.N[C@@H](c1ccc(Br)o1)C(F)(F)F. The number of hydrogen-bond donors (Lipinski definition) is 1. The number of hydrogen-bond acceptors (Lipinski definition) is 2. The minimum absolute atomic E-state index is 0. The Labute approximate surface area is 86.8 Å². The van der Waals surface area contributed by atoms with Crippen LogP contribution >= 0.6 is 28.3 Å². The molecule has 0 saturated carbocycles. The lowest BCUT2D eigenvalue weighted by Gasteiger charge is -2.12. The molecular weight excluding hydrogens is 274 g/mol. The lowest BCUT2D eigenvalue weighted by atomic mass is 10.2. The molecule has 2 nitrogen and oxygen atoms in total. The summed E-state index contributed by atoms with van der Waals surface area (Å²) >= 11 is 2.88. The van der Waals surface area contributed by atoms with Crippen molar-refractivity contribution < 1.29 is 17.6 Å². The average Bonchev–Trinajstić information content (AvgIpc) is 2.32. The summed E-state index contributed by atoms with van der Waals surface area (Å²) < 4.78 is 40.7. The summed E-state index contributed by atoms with van der Waals surface area (Å²) in [6.45, 7) is 0. The maximum absolute atomic E-state index is 11.9. The third kappa shape index (κ3) is 3.21. The Balaban J connectivity index is 0.00000144. The van der Waals surface area contributed by atoms with Gasteiger partial charge in [0.15, 0.2) is 10.7 Å². The van der Waals surface area contributed by atoms with E-state index in [2.05, 4.69) is 20.3 Å². The molecule has 1 rings (SSSR count).